The van der Waals surface area contributed by atoms with E-state index >= 15 is 0 Å². The minimum Gasteiger partial charge on any atom is -0.462 e. The Morgan fingerprint density at radius 1 is 1.20 bits per heavy atom. The van der Waals surface area contributed by atoms with Gasteiger partial charge in [0.25, 0.3) is 0 Å². The molecule has 3 rings (SSSR count). The first-order chi connectivity index (χ1) is 14.6. The average Bonchev–Trinajstić information content (AvgIpc) is 3.14. The van der Waals surface area contributed by atoms with Crippen LogP contribution in [0.1, 0.15) is 30.1 Å². The number of thioether (sulfide) groups is 1. The summed E-state index contributed by atoms with van der Waals surface area (Å²) < 4.78 is 12.4. The lowest BCUT2D eigenvalue weighted by atomic mass is 10.2. The number of nitrogens with zero attached hydrogens (tertiary/aromatic N) is 4. The van der Waals surface area contributed by atoms with Gasteiger partial charge in [0.15, 0.2) is 5.16 Å². The van der Waals surface area contributed by atoms with Crippen molar-refractivity contribution in [3.05, 3.63) is 29.8 Å². The van der Waals surface area contributed by atoms with Gasteiger partial charge >= 0.3 is 5.97 Å². The number of ether oxygens (including phenoxy) is 2. The standard InChI is InChI=1S/C20H27N5O4S/c1-3-4-11-29-18(27)15-5-7-16(8-6-15)21-17(26)14-30-20-23-22-19(24(20)2)25-9-12-28-13-10-25/h5-8H,3-4,9-14H2,1-2H3,(H,21,26). The number of nitrogens with one attached hydrogen (secondary N) is 1. The Kier molecular flexibility index (Phi) is 8.09. The molecule has 0 spiro atoms. The van der Waals surface area contributed by atoms with E-state index in [1.54, 1.807) is 24.3 Å². The molecule has 10 heteroatoms. The van der Waals surface area contributed by atoms with Gasteiger partial charge in [-0.15, -0.1) is 10.2 Å². The molecule has 1 aromatic carbocycles. The molecule has 1 aromatic heterocycles. The third-order valence-corrected chi connectivity index (χ3v) is 5.59. The summed E-state index contributed by atoms with van der Waals surface area (Å²) >= 11 is 1.32. The zero-order chi connectivity index (χ0) is 21.3. The molecule has 0 saturated carbocycles. The van der Waals surface area contributed by atoms with Gasteiger partial charge in [-0.05, 0) is 30.7 Å². The lowest BCUT2D eigenvalue weighted by molar-refractivity contribution is -0.113. The summed E-state index contributed by atoms with van der Waals surface area (Å²) in [5, 5.41) is 11.9. The second-order valence-electron chi connectivity index (χ2n) is 6.84. The largest absolute Gasteiger partial charge is 0.462 e. The first-order valence-electron chi connectivity index (χ1n) is 10.0. The number of morpholine rings is 1. The molecule has 0 atom stereocenters. The van der Waals surface area contributed by atoms with Crippen LogP contribution in [0.2, 0.25) is 0 Å². The highest BCUT2D eigenvalue weighted by atomic mass is 32.2. The molecule has 1 saturated heterocycles. The fraction of sp³-hybridized carbons (Fsp3) is 0.500. The topological polar surface area (TPSA) is 98.6 Å². The van der Waals surface area contributed by atoms with Crippen LogP contribution in [0, 0.1) is 0 Å². The van der Waals surface area contributed by atoms with Gasteiger partial charge in [0.1, 0.15) is 0 Å². The highest BCUT2D eigenvalue weighted by Gasteiger charge is 2.19. The zero-order valence-electron chi connectivity index (χ0n) is 17.3. The summed E-state index contributed by atoms with van der Waals surface area (Å²) in [4.78, 5) is 26.3. The van der Waals surface area contributed by atoms with Gasteiger partial charge < -0.3 is 19.7 Å². The molecule has 0 unspecified atom stereocenters. The van der Waals surface area contributed by atoms with E-state index < -0.39 is 0 Å². The third-order valence-electron chi connectivity index (χ3n) is 4.57. The van der Waals surface area contributed by atoms with Crippen molar-refractivity contribution in [1.82, 2.24) is 14.8 Å². The Labute approximate surface area is 180 Å². The lowest BCUT2D eigenvalue weighted by Crippen LogP contribution is -2.37. The highest BCUT2D eigenvalue weighted by Crippen LogP contribution is 2.21. The van der Waals surface area contributed by atoms with Crippen LogP contribution >= 0.6 is 11.8 Å². The number of benzene rings is 1. The SMILES string of the molecule is CCCCOC(=O)c1ccc(NC(=O)CSc2nnc(N3CCOCC3)n2C)cc1. The molecule has 1 aliphatic heterocycles. The molecule has 1 amide bonds. The molecule has 9 nitrogen and oxygen atoms in total. The van der Waals surface area contributed by atoms with E-state index in [-0.39, 0.29) is 17.6 Å². The molecular formula is C20H27N5O4S. The average molecular weight is 434 g/mol. The Morgan fingerprint density at radius 3 is 2.63 bits per heavy atom. The molecule has 0 aliphatic carbocycles. The second-order valence-corrected chi connectivity index (χ2v) is 7.79. The molecule has 162 valence electrons. The van der Waals surface area contributed by atoms with E-state index in [2.05, 4.69) is 20.4 Å². The van der Waals surface area contributed by atoms with Crippen LogP contribution in [-0.2, 0) is 21.3 Å². The van der Waals surface area contributed by atoms with E-state index in [4.69, 9.17) is 9.47 Å². The quantitative estimate of drug-likeness (QED) is 0.366. The monoisotopic (exact) mass is 433 g/mol. The summed E-state index contributed by atoms with van der Waals surface area (Å²) in [5.41, 5.74) is 1.09. The molecule has 2 heterocycles. The number of aromatic nitrogens is 3. The molecule has 1 fully saturated rings. The molecule has 0 radical (unpaired) electrons. The van der Waals surface area contributed by atoms with Crippen LogP contribution in [0.5, 0.6) is 0 Å². The van der Waals surface area contributed by atoms with Crippen molar-refractivity contribution in [3.8, 4) is 0 Å². The van der Waals surface area contributed by atoms with Gasteiger partial charge in [0.2, 0.25) is 11.9 Å². The van der Waals surface area contributed by atoms with Crippen molar-refractivity contribution in [2.75, 3.05) is 48.9 Å². The Hall–Kier alpha value is -2.59. The molecule has 0 bridgehead atoms. The maximum absolute atomic E-state index is 12.3. The van der Waals surface area contributed by atoms with Crippen LogP contribution in [0.25, 0.3) is 0 Å². The van der Waals surface area contributed by atoms with Crippen molar-refractivity contribution in [2.45, 2.75) is 24.9 Å². The first kappa shape index (κ1) is 22.1. The van der Waals surface area contributed by atoms with Gasteiger partial charge in [-0.3, -0.25) is 9.36 Å². The molecular weight excluding hydrogens is 406 g/mol. The summed E-state index contributed by atoms with van der Waals surface area (Å²) in [6.07, 6.45) is 1.82. The third kappa shape index (κ3) is 5.96. The number of hydrogen-bond acceptors (Lipinski definition) is 8. The minimum atomic E-state index is -0.352. The van der Waals surface area contributed by atoms with Crippen molar-refractivity contribution >= 4 is 35.3 Å². The van der Waals surface area contributed by atoms with Gasteiger partial charge in [-0.25, -0.2) is 4.79 Å². The van der Waals surface area contributed by atoms with Crippen LogP contribution in [0.4, 0.5) is 11.6 Å². The molecule has 1 N–H and O–H groups in total. The van der Waals surface area contributed by atoms with Crippen molar-refractivity contribution in [3.63, 3.8) is 0 Å². The number of amides is 1. The van der Waals surface area contributed by atoms with Crippen molar-refractivity contribution in [2.24, 2.45) is 7.05 Å². The number of rotatable bonds is 9. The summed E-state index contributed by atoms with van der Waals surface area (Å²) in [6.45, 7) is 5.36. The number of unbranched alkanes of at least 4 members (excludes halogenated alkanes) is 1. The van der Waals surface area contributed by atoms with Gasteiger partial charge in [0, 0.05) is 25.8 Å². The van der Waals surface area contributed by atoms with Crippen molar-refractivity contribution < 1.29 is 19.1 Å². The van der Waals surface area contributed by atoms with Gasteiger partial charge in [0.05, 0.1) is 31.1 Å². The fourth-order valence-corrected chi connectivity index (χ4v) is 3.59. The van der Waals surface area contributed by atoms with E-state index in [1.165, 1.54) is 11.8 Å². The van der Waals surface area contributed by atoms with E-state index in [0.717, 1.165) is 31.9 Å². The molecule has 30 heavy (non-hydrogen) atoms. The van der Waals surface area contributed by atoms with Crippen molar-refractivity contribution in [1.29, 1.82) is 0 Å². The van der Waals surface area contributed by atoms with Gasteiger partial charge in [-0.2, -0.15) is 0 Å². The minimum absolute atomic E-state index is 0.158. The number of carbonyl (C=O) groups is 2. The molecule has 1 aliphatic rings. The number of esters is 1. The maximum Gasteiger partial charge on any atom is 0.338 e. The number of carbonyl (C=O) groups excluding carboxylic acids is 2. The summed E-state index contributed by atoms with van der Waals surface area (Å²) in [5.74, 6) is 0.475. The zero-order valence-corrected chi connectivity index (χ0v) is 18.1. The normalized spacial score (nSPS) is 13.9. The Balaban J connectivity index is 1.48. The first-order valence-corrected chi connectivity index (χ1v) is 11.0. The smallest absolute Gasteiger partial charge is 0.338 e. The van der Waals surface area contributed by atoms with Crippen LogP contribution in [0.3, 0.4) is 0 Å². The lowest BCUT2D eigenvalue weighted by Gasteiger charge is -2.27. The number of anilines is 2. The van der Waals surface area contributed by atoms with Gasteiger partial charge in [-0.1, -0.05) is 25.1 Å². The number of hydrogen-bond donors (Lipinski definition) is 1. The van der Waals surface area contributed by atoms with E-state index in [9.17, 15) is 9.59 Å². The predicted molar refractivity (Wildman–Crippen MR) is 115 cm³/mol. The highest BCUT2D eigenvalue weighted by molar-refractivity contribution is 7.99. The van der Waals surface area contributed by atoms with E-state index in [0.29, 0.717) is 36.2 Å². The van der Waals surface area contributed by atoms with E-state index in [1.807, 2.05) is 18.5 Å². The Bertz CT molecular complexity index is 849. The van der Waals surface area contributed by atoms with Crippen LogP contribution in [0.15, 0.2) is 29.4 Å². The van der Waals surface area contributed by atoms with Crippen LogP contribution in [-0.4, -0.2) is 65.3 Å². The van der Waals surface area contributed by atoms with Crippen LogP contribution < -0.4 is 10.2 Å². The second kappa shape index (κ2) is 11.0. The fourth-order valence-electron chi connectivity index (χ4n) is 2.88. The Morgan fingerprint density at radius 2 is 1.93 bits per heavy atom. The maximum atomic E-state index is 12.3. The predicted octanol–water partition coefficient (Wildman–Crippen LogP) is 2.34. The summed E-state index contributed by atoms with van der Waals surface area (Å²) in [6, 6.07) is 6.68. The summed E-state index contributed by atoms with van der Waals surface area (Å²) in [7, 11) is 1.89. The molecule has 2 aromatic rings.